The molecule has 1 aromatic rings. The minimum Gasteiger partial charge on any atom is -0.430 e. The number of piperidine rings is 1. The van der Waals surface area contributed by atoms with Crippen LogP contribution in [0.25, 0.3) is 0 Å². The molecule has 22 heavy (non-hydrogen) atoms. The normalized spacial score (nSPS) is 25.6. The van der Waals surface area contributed by atoms with Gasteiger partial charge in [-0.1, -0.05) is 37.3 Å². The Bertz CT molecular complexity index is 532. The summed E-state index contributed by atoms with van der Waals surface area (Å²) in [5, 5.41) is 0. The molecule has 1 aromatic carbocycles. The van der Waals surface area contributed by atoms with Crippen molar-refractivity contribution in [1.29, 1.82) is 0 Å². The van der Waals surface area contributed by atoms with Gasteiger partial charge in [-0.15, -0.1) is 0 Å². The van der Waals surface area contributed by atoms with Gasteiger partial charge in [0.05, 0.1) is 0 Å². The molecule has 120 valence electrons. The molecule has 1 saturated heterocycles. The van der Waals surface area contributed by atoms with E-state index in [1.165, 1.54) is 5.56 Å². The highest BCUT2D eigenvalue weighted by Crippen LogP contribution is 2.35. The van der Waals surface area contributed by atoms with Crippen molar-refractivity contribution in [2.24, 2.45) is 11.1 Å². The van der Waals surface area contributed by atoms with E-state index in [1.807, 2.05) is 25.1 Å². The summed E-state index contributed by atoms with van der Waals surface area (Å²) in [6.45, 7) is 5.03. The van der Waals surface area contributed by atoms with Crippen LogP contribution in [0.4, 0.5) is 4.79 Å². The fraction of sp³-hybridized carbons (Fsp3) is 0.529. The fourth-order valence-corrected chi connectivity index (χ4v) is 2.89. The first-order chi connectivity index (χ1) is 10.4. The van der Waals surface area contributed by atoms with Crippen LogP contribution in [0.1, 0.15) is 32.3 Å². The van der Waals surface area contributed by atoms with E-state index in [1.54, 1.807) is 6.92 Å². The third-order valence-electron chi connectivity index (χ3n) is 4.62. The van der Waals surface area contributed by atoms with Crippen LogP contribution in [0.3, 0.4) is 0 Å². The van der Waals surface area contributed by atoms with E-state index in [0.29, 0.717) is 6.42 Å². The molecule has 0 aliphatic carbocycles. The summed E-state index contributed by atoms with van der Waals surface area (Å²) in [6, 6.07) is 10.2. The summed E-state index contributed by atoms with van der Waals surface area (Å²) in [5.41, 5.74) is 5.98. The van der Waals surface area contributed by atoms with Gasteiger partial charge < -0.3 is 10.5 Å². The van der Waals surface area contributed by atoms with Gasteiger partial charge in [0.1, 0.15) is 5.78 Å². The van der Waals surface area contributed by atoms with Crippen molar-refractivity contribution in [3.05, 3.63) is 35.9 Å². The highest BCUT2D eigenvalue weighted by Gasteiger charge is 2.41. The number of amides is 1. The van der Waals surface area contributed by atoms with Gasteiger partial charge in [0, 0.05) is 24.9 Å². The molecule has 0 spiro atoms. The van der Waals surface area contributed by atoms with Crippen LogP contribution < -0.4 is 5.73 Å². The second kappa shape index (κ2) is 6.92. The number of Topliss-reactive ketones (excluding diaryl/α,β-unsaturated/α-hetero) is 1. The van der Waals surface area contributed by atoms with E-state index in [9.17, 15) is 9.59 Å². The number of hydrogen-bond acceptors (Lipinski definition) is 4. The van der Waals surface area contributed by atoms with Crippen LogP contribution in [0.15, 0.2) is 30.3 Å². The van der Waals surface area contributed by atoms with E-state index < -0.39 is 17.7 Å². The Morgan fingerprint density at radius 2 is 2.05 bits per heavy atom. The molecule has 1 aliphatic heterocycles. The Kier molecular flexibility index (Phi) is 5.19. The van der Waals surface area contributed by atoms with E-state index in [-0.39, 0.29) is 5.78 Å². The van der Waals surface area contributed by atoms with Gasteiger partial charge in [0.2, 0.25) is 0 Å². The maximum absolute atomic E-state index is 11.8. The smallest absolute Gasteiger partial charge is 0.406 e. The van der Waals surface area contributed by atoms with Crippen LogP contribution >= 0.6 is 0 Å². The zero-order chi connectivity index (χ0) is 16.2. The topological polar surface area (TPSA) is 72.6 Å². The lowest BCUT2D eigenvalue weighted by molar-refractivity contribution is -0.136. The molecule has 5 nitrogen and oxygen atoms in total. The fourth-order valence-electron chi connectivity index (χ4n) is 2.89. The molecule has 2 N–H and O–H groups in total. The first kappa shape index (κ1) is 16.5. The minimum atomic E-state index is -0.789. The molecule has 1 heterocycles. The van der Waals surface area contributed by atoms with Crippen molar-refractivity contribution in [1.82, 2.24) is 4.90 Å². The number of hydrogen-bond donors (Lipinski definition) is 1. The van der Waals surface area contributed by atoms with E-state index in [2.05, 4.69) is 17.0 Å². The number of carbonyl (C=O) groups is 2. The van der Waals surface area contributed by atoms with Crippen molar-refractivity contribution in [3.63, 3.8) is 0 Å². The Hall–Kier alpha value is -1.88. The van der Waals surface area contributed by atoms with Crippen molar-refractivity contribution in [3.8, 4) is 0 Å². The van der Waals surface area contributed by atoms with E-state index in [4.69, 9.17) is 10.5 Å². The van der Waals surface area contributed by atoms with Gasteiger partial charge in [-0.2, -0.15) is 0 Å². The van der Waals surface area contributed by atoms with Crippen molar-refractivity contribution in [2.45, 2.75) is 39.3 Å². The van der Waals surface area contributed by atoms with Gasteiger partial charge >= 0.3 is 6.09 Å². The van der Waals surface area contributed by atoms with Crippen LogP contribution in [0, 0.1) is 5.41 Å². The summed E-state index contributed by atoms with van der Waals surface area (Å²) in [6.07, 6.45) is 0.929. The molecule has 1 amide bonds. The second-order valence-electron chi connectivity index (χ2n) is 6.23. The number of nitrogens with two attached hydrogens (primary N) is 1. The Labute approximate surface area is 131 Å². The lowest BCUT2D eigenvalue weighted by Crippen LogP contribution is -2.51. The Balaban J connectivity index is 2.02. The molecule has 0 saturated carbocycles. The predicted octanol–water partition coefficient (Wildman–Crippen LogP) is 2.34. The molecular weight excluding hydrogens is 280 g/mol. The third-order valence-corrected chi connectivity index (χ3v) is 4.62. The average molecular weight is 304 g/mol. The Morgan fingerprint density at radius 1 is 1.36 bits per heavy atom. The number of benzene rings is 1. The maximum atomic E-state index is 11.8. The van der Waals surface area contributed by atoms with Crippen molar-refractivity contribution < 1.29 is 14.3 Å². The number of nitrogens with zero attached hydrogens (tertiary/aromatic N) is 1. The first-order valence-electron chi connectivity index (χ1n) is 7.66. The van der Waals surface area contributed by atoms with Gasteiger partial charge in [-0.05, 0) is 25.3 Å². The van der Waals surface area contributed by atoms with Crippen molar-refractivity contribution >= 4 is 11.9 Å². The number of ether oxygens (including phenoxy) is 1. The predicted molar refractivity (Wildman–Crippen MR) is 84.2 cm³/mol. The highest BCUT2D eigenvalue weighted by atomic mass is 16.6. The SMILES string of the molecule is CC(=O)C1(C)CCN(CCc2ccccc2)C(OC(N)=O)C1. The first-order valence-corrected chi connectivity index (χ1v) is 7.66. The quantitative estimate of drug-likeness (QED) is 0.906. The molecule has 0 aromatic heterocycles. The molecule has 0 bridgehead atoms. The second-order valence-corrected chi connectivity index (χ2v) is 6.23. The largest absolute Gasteiger partial charge is 0.430 e. The van der Waals surface area contributed by atoms with Crippen LogP contribution in [0.5, 0.6) is 0 Å². The van der Waals surface area contributed by atoms with Gasteiger partial charge in [-0.25, -0.2) is 4.79 Å². The number of ketones is 1. The number of likely N-dealkylation sites (tertiary alicyclic amines) is 1. The summed E-state index contributed by atoms with van der Waals surface area (Å²) in [7, 11) is 0. The molecule has 1 aliphatic rings. The van der Waals surface area contributed by atoms with Crippen LogP contribution in [-0.2, 0) is 16.0 Å². The van der Waals surface area contributed by atoms with Crippen LogP contribution in [-0.4, -0.2) is 36.1 Å². The summed E-state index contributed by atoms with van der Waals surface area (Å²) >= 11 is 0. The van der Waals surface area contributed by atoms with Gasteiger partial charge in [-0.3, -0.25) is 9.69 Å². The monoisotopic (exact) mass is 304 g/mol. The average Bonchev–Trinajstić information content (AvgIpc) is 2.47. The molecule has 2 rings (SSSR count). The highest BCUT2D eigenvalue weighted by molar-refractivity contribution is 5.82. The van der Waals surface area contributed by atoms with E-state index >= 15 is 0 Å². The standard InChI is InChI=1S/C17H24N2O3/c1-13(20)17(2)9-11-19(15(12-17)22-16(18)21)10-8-14-6-4-3-5-7-14/h3-7,15H,8-12H2,1-2H3,(H2,18,21). The maximum Gasteiger partial charge on any atom is 0.406 e. The molecule has 0 radical (unpaired) electrons. The minimum absolute atomic E-state index is 0.133. The lowest BCUT2D eigenvalue weighted by Gasteiger charge is -2.42. The van der Waals surface area contributed by atoms with Crippen molar-refractivity contribution in [2.75, 3.05) is 13.1 Å². The molecule has 5 heteroatoms. The van der Waals surface area contributed by atoms with Crippen LogP contribution in [0.2, 0.25) is 0 Å². The van der Waals surface area contributed by atoms with E-state index in [0.717, 1.165) is 25.9 Å². The molecule has 2 atom stereocenters. The number of carbonyl (C=O) groups excluding carboxylic acids is 2. The zero-order valence-electron chi connectivity index (χ0n) is 13.2. The van der Waals surface area contributed by atoms with Gasteiger partial charge in [0.15, 0.2) is 6.23 Å². The lowest BCUT2D eigenvalue weighted by atomic mass is 9.76. The number of rotatable bonds is 5. The molecule has 1 fully saturated rings. The molecular formula is C17H24N2O3. The summed E-state index contributed by atoms with van der Waals surface area (Å²) in [4.78, 5) is 25.1. The zero-order valence-corrected chi connectivity index (χ0v) is 13.2. The summed E-state index contributed by atoms with van der Waals surface area (Å²) in [5.74, 6) is 0.133. The molecule has 2 unspecified atom stereocenters. The number of primary amides is 1. The van der Waals surface area contributed by atoms with Gasteiger partial charge in [0.25, 0.3) is 0 Å². The Morgan fingerprint density at radius 3 is 2.64 bits per heavy atom. The third kappa shape index (κ3) is 4.07. The summed E-state index contributed by atoms with van der Waals surface area (Å²) < 4.78 is 5.25.